The molecule has 1 unspecified atom stereocenters. The number of amides is 1. The Morgan fingerprint density at radius 3 is 2.41 bits per heavy atom. The molecule has 1 atom stereocenters. The van der Waals surface area contributed by atoms with Gasteiger partial charge >= 0.3 is 0 Å². The van der Waals surface area contributed by atoms with E-state index in [4.69, 9.17) is 0 Å². The standard InChI is InChI=1S/C19H24N4O3S/c1-3-14-5-7-15(8-6-14)20-19(24)17-9-10-18(22-21-17)23(4-2)16-11-12-27(25,26)13-16/h5-10,16H,3-4,11-13H2,1-2H3,(H,20,24). The van der Waals surface area contributed by atoms with Crippen LogP contribution >= 0.6 is 0 Å². The quantitative estimate of drug-likeness (QED) is 0.816. The van der Waals surface area contributed by atoms with Gasteiger partial charge in [0.15, 0.2) is 21.3 Å². The number of sulfone groups is 1. The van der Waals surface area contributed by atoms with Crippen molar-refractivity contribution >= 4 is 27.2 Å². The highest BCUT2D eigenvalue weighted by molar-refractivity contribution is 7.91. The van der Waals surface area contributed by atoms with Crippen LogP contribution in [0.1, 0.15) is 36.3 Å². The van der Waals surface area contributed by atoms with E-state index in [0.717, 1.165) is 6.42 Å². The molecule has 3 rings (SSSR count). The summed E-state index contributed by atoms with van der Waals surface area (Å²) in [5.41, 5.74) is 2.12. The maximum absolute atomic E-state index is 12.4. The molecular weight excluding hydrogens is 364 g/mol. The summed E-state index contributed by atoms with van der Waals surface area (Å²) < 4.78 is 23.5. The van der Waals surface area contributed by atoms with Gasteiger partial charge in [0, 0.05) is 18.3 Å². The Balaban J connectivity index is 1.69. The Morgan fingerprint density at radius 1 is 1.15 bits per heavy atom. The summed E-state index contributed by atoms with van der Waals surface area (Å²) in [5, 5.41) is 11.0. The van der Waals surface area contributed by atoms with Crippen LogP contribution in [-0.4, -0.2) is 48.6 Å². The first-order chi connectivity index (χ1) is 12.9. The lowest BCUT2D eigenvalue weighted by atomic mass is 10.1. The molecule has 1 amide bonds. The van der Waals surface area contributed by atoms with Crippen molar-refractivity contribution in [3.8, 4) is 0 Å². The number of nitrogens with zero attached hydrogens (tertiary/aromatic N) is 3. The largest absolute Gasteiger partial charge is 0.351 e. The van der Waals surface area contributed by atoms with E-state index in [1.54, 1.807) is 12.1 Å². The number of benzene rings is 1. The highest BCUT2D eigenvalue weighted by atomic mass is 32.2. The number of carbonyl (C=O) groups is 1. The lowest BCUT2D eigenvalue weighted by Crippen LogP contribution is -2.37. The summed E-state index contributed by atoms with van der Waals surface area (Å²) in [5.74, 6) is 0.602. The molecule has 0 radical (unpaired) electrons. The Bertz CT molecular complexity index is 896. The first-order valence-electron chi connectivity index (χ1n) is 9.13. The van der Waals surface area contributed by atoms with Gasteiger partial charge in [0.05, 0.1) is 11.5 Å². The maximum atomic E-state index is 12.4. The van der Waals surface area contributed by atoms with E-state index < -0.39 is 9.84 Å². The minimum atomic E-state index is -2.97. The minimum absolute atomic E-state index is 0.0916. The summed E-state index contributed by atoms with van der Waals surface area (Å²) in [4.78, 5) is 14.3. The summed E-state index contributed by atoms with van der Waals surface area (Å²) in [6.07, 6.45) is 1.53. The van der Waals surface area contributed by atoms with Crippen molar-refractivity contribution in [2.75, 3.05) is 28.3 Å². The van der Waals surface area contributed by atoms with Crippen LogP contribution in [0.4, 0.5) is 11.5 Å². The van der Waals surface area contributed by atoms with Crippen molar-refractivity contribution in [3.63, 3.8) is 0 Å². The van der Waals surface area contributed by atoms with Crippen molar-refractivity contribution in [1.82, 2.24) is 10.2 Å². The fourth-order valence-electron chi connectivity index (χ4n) is 3.25. The van der Waals surface area contributed by atoms with E-state index in [-0.39, 0.29) is 29.1 Å². The molecule has 0 aliphatic carbocycles. The van der Waals surface area contributed by atoms with Gasteiger partial charge in [-0.2, -0.15) is 0 Å². The van der Waals surface area contributed by atoms with E-state index >= 15 is 0 Å². The monoisotopic (exact) mass is 388 g/mol. The smallest absolute Gasteiger partial charge is 0.276 e. The molecule has 1 aromatic carbocycles. The lowest BCUT2D eigenvalue weighted by Gasteiger charge is -2.27. The van der Waals surface area contributed by atoms with E-state index in [2.05, 4.69) is 22.4 Å². The average Bonchev–Trinajstić information content (AvgIpc) is 3.03. The summed E-state index contributed by atoms with van der Waals surface area (Å²) in [6.45, 7) is 4.66. The number of aryl methyl sites for hydroxylation is 1. The third kappa shape index (κ3) is 4.63. The van der Waals surface area contributed by atoms with Crippen LogP contribution in [0.15, 0.2) is 36.4 Å². The molecule has 8 heteroatoms. The Kier molecular flexibility index (Phi) is 5.74. The molecule has 27 heavy (non-hydrogen) atoms. The number of aromatic nitrogens is 2. The molecule has 1 N–H and O–H groups in total. The van der Waals surface area contributed by atoms with Crippen LogP contribution in [-0.2, 0) is 16.3 Å². The summed E-state index contributed by atoms with van der Waals surface area (Å²) >= 11 is 0. The summed E-state index contributed by atoms with van der Waals surface area (Å²) in [6, 6.07) is 10.9. The second-order valence-corrected chi connectivity index (χ2v) is 8.85. The van der Waals surface area contributed by atoms with Crippen molar-refractivity contribution in [3.05, 3.63) is 47.7 Å². The van der Waals surface area contributed by atoms with Gasteiger partial charge in [0.25, 0.3) is 5.91 Å². The highest BCUT2D eigenvalue weighted by Crippen LogP contribution is 2.22. The molecule has 2 aromatic rings. The van der Waals surface area contributed by atoms with Gasteiger partial charge in [-0.25, -0.2) is 8.42 Å². The first kappa shape index (κ1) is 19.3. The van der Waals surface area contributed by atoms with Gasteiger partial charge in [-0.1, -0.05) is 19.1 Å². The van der Waals surface area contributed by atoms with Gasteiger partial charge in [0.1, 0.15) is 0 Å². The van der Waals surface area contributed by atoms with Crippen LogP contribution in [0.2, 0.25) is 0 Å². The second kappa shape index (κ2) is 8.04. The number of nitrogens with one attached hydrogen (secondary N) is 1. The van der Waals surface area contributed by atoms with Crippen LogP contribution in [0, 0.1) is 0 Å². The Hall–Kier alpha value is -2.48. The normalized spacial score (nSPS) is 18.2. The highest BCUT2D eigenvalue weighted by Gasteiger charge is 2.32. The molecule has 7 nitrogen and oxygen atoms in total. The van der Waals surface area contributed by atoms with Gasteiger partial charge in [-0.05, 0) is 49.6 Å². The average molecular weight is 388 g/mol. The minimum Gasteiger partial charge on any atom is -0.351 e. The number of rotatable bonds is 6. The zero-order valence-electron chi connectivity index (χ0n) is 15.6. The van der Waals surface area contributed by atoms with Crippen LogP contribution in [0.5, 0.6) is 0 Å². The molecule has 1 fully saturated rings. The van der Waals surface area contributed by atoms with Crippen LogP contribution in [0.3, 0.4) is 0 Å². The molecule has 0 bridgehead atoms. The van der Waals surface area contributed by atoms with Crippen LogP contribution < -0.4 is 10.2 Å². The molecule has 1 aliphatic heterocycles. The van der Waals surface area contributed by atoms with Crippen molar-refractivity contribution in [2.45, 2.75) is 32.7 Å². The Labute approximate surface area is 159 Å². The zero-order chi connectivity index (χ0) is 19.4. The van der Waals surface area contributed by atoms with Crippen LogP contribution in [0.25, 0.3) is 0 Å². The van der Waals surface area contributed by atoms with E-state index in [1.165, 1.54) is 5.56 Å². The molecular formula is C19H24N4O3S. The summed E-state index contributed by atoms with van der Waals surface area (Å²) in [7, 11) is -2.97. The van der Waals surface area contributed by atoms with Gasteiger partial charge in [0.2, 0.25) is 0 Å². The molecule has 0 saturated carbocycles. The number of carbonyl (C=O) groups excluding carboxylic acids is 1. The zero-order valence-corrected chi connectivity index (χ0v) is 16.4. The van der Waals surface area contributed by atoms with Crippen molar-refractivity contribution < 1.29 is 13.2 Å². The number of anilines is 2. The Morgan fingerprint density at radius 2 is 1.89 bits per heavy atom. The van der Waals surface area contributed by atoms with E-state index in [9.17, 15) is 13.2 Å². The maximum Gasteiger partial charge on any atom is 0.276 e. The van der Waals surface area contributed by atoms with E-state index in [1.807, 2.05) is 36.1 Å². The fraction of sp³-hybridized carbons (Fsp3) is 0.421. The molecule has 2 heterocycles. The molecule has 0 spiro atoms. The van der Waals surface area contributed by atoms with Crippen molar-refractivity contribution in [1.29, 1.82) is 0 Å². The lowest BCUT2D eigenvalue weighted by molar-refractivity contribution is 0.102. The topological polar surface area (TPSA) is 92.3 Å². The molecule has 1 saturated heterocycles. The number of hydrogen-bond donors (Lipinski definition) is 1. The van der Waals surface area contributed by atoms with Crippen molar-refractivity contribution in [2.24, 2.45) is 0 Å². The predicted molar refractivity (Wildman–Crippen MR) is 106 cm³/mol. The fourth-order valence-corrected chi connectivity index (χ4v) is 4.98. The number of hydrogen-bond acceptors (Lipinski definition) is 6. The molecule has 1 aromatic heterocycles. The SMILES string of the molecule is CCc1ccc(NC(=O)c2ccc(N(CC)C3CCS(=O)(=O)C3)nn2)cc1. The van der Waals surface area contributed by atoms with E-state index in [0.29, 0.717) is 24.5 Å². The van der Waals surface area contributed by atoms with Gasteiger partial charge < -0.3 is 10.2 Å². The molecule has 1 aliphatic rings. The third-order valence-corrected chi connectivity index (χ3v) is 6.54. The molecule has 144 valence electrons. The second-order valence-electron chi connectivity index (χ2n) is 6.62. The van der Waals surface area contributed by atoms with Gasteiger partial charge in [-0.15, -0.1) is 10.2 Å². The predicted octanol–water partition coefficient (Wildman–Crippen LogP) is 2.30. The third-order valence-electron chi connectivity index (χ3n) is 4.79. The van der Waals surface area contributed by atoms with Gasteiger partial charge in [-0.3, -0.25) is 4.79 Å². The first-order valence-corrected chi connectivity index (χ1v) is 10.9.